The van der Waals surface area contributed by atoms with E-state index in [1.165, 1.54) is 25.3 Å². The molecule has 0 atom stereocenters. The number of carbonyl (C=O) groups is 2. The Morgan fingerprint density at radius 3 is 2.69 bits per heavy atom. The molecule has 2 amide bonds. The van der Waals surface area contributed by atoms with E-state index in [0.29, 0.717) is 19.5 Å². The smallest absolute Gasteiger partial charge is 0.239 e. The van der Waals surface area contributed by atoms with E-state index in [9.17, 15) is 9.59 Å². The highest BCUT2D eigenvalue weighted by Crippen LogP contribution is 2.19. The molecule has 1 aromatic carbocycles. The number of methoxy groups -OCH3 is 1. The van der Waals surface area contributed by atoms with Crippen LogP contribution in [0.5, 0.6) is 5.75 Å². The number of nitrogens with zero attached hydrogens (tertiary/aromatic N) is 1. The second-order valence-corrected chi connectivity index (χ2v) is 6.71. The molecule has 1 aliphatic carbocycles. The number of hydrogen-bond acceptors (Lipinski definition) is 3. The predicted molar refractivity (Wildman–Crippen MR) is 103 cm³/mol. The fourth-order valence-electron chi connectivity index (χ4n) is 3.24. The van der Waals surface area contributed by atoms with Gasteiger partial charge in [-0.2, -0.15) is 0 Å². The van der Waals surface area contributed by atoms with E-state index in [0.717, 1.165) is 30.6 Å². The summed E-state index contributed by atoms with van der Waals surface area (Å²) in [7, 11) is 1.64. The van der Waals surface area contributed by atoms with Gasteiger partial charge in [0, 0.05) is 20.0 Å². The Morgan fingerprint density at radius 1 is 1.19 bits per heavy atom. The SMILES string of the molecule is COc1ccccc1CCN(CC(=O)NCCC1=CCCCC1)C(C)=O. The maximum Gasteiger partial charge on any atom is 0.239 e. The van der Waals surface area contributed by atoms with Crippen molar-refractivity contribution in [3.63, 3.8) is 0 Å². The molecule has 0 spiro atoms. The van der Waals surface area contributed by atoms with Gasteiger partial charge in [-0.15, -0.1) is 0 Å². The van der Waals surface area contributed by atoms with Gasteiger partial charge in [-0.1, -0.05) is 29.8 Å². The molecule has 0 aliphatic heterocycles. The van der Waals surface area contributed by atoms with Crippen LogP contribution < -0.4 is 10.1 Å². The van der Waals surface area contributed by atoms with Crippen LogP contribution in [0, 0.1) is 0 Å². The van der Waals surface area contributed by atoms with Crippen LogP contribution in [-0.2, 0) is 16.0 Å². The monoisotopic (exact) mass is 358 g/mol. The number of ether oxygens (including phenoxy) is 1. The highest BCUT2D eigenvalue weighted by Gasteiger charge is 2.14. The van der Waals surface area contributed by atoms with Gasteiger partial charge >= 0.3 is 0 Å². The molecule has 0 saturated heterocycles. The second-order valence-electron chi connectivity index (χ2n) is 6.71. The van der Waals surface area contributed by atoms with Crippen LogP contribution in [0.4, 0.5) is 0 Å². The van der Waals surface area contributed by atoms with Crippen molar-refractivity contribution >= 4 is 11.8 Å². The van der Waals surface area contributed by atoms with Crippen molar-refractivity contribution in [3.8, 4) is 5.75 Å². The maximum atomic E-state index is 12.2. The van der Waals surface area contributed by atoms with Gasteiger partial charge in [0.15, 0.2) is 0 Å². The minimum absolute atomic E-state index is 0.0926. The van der Waals surface area contributed by atoms with Crippen LogP contribution in [0.25, 0.3) is 0 Å². The second kappa shape index (κ2) is 10.6. The molecule has 0 radical (unpaired) electrons. The number of benzene rings is 1. The van der Waals surface area contributed by atoms with Gasteiger partial charge in [-0.05, 0) is 50.2 Å². The summed E-state index contributed by atoms with van der Waals surface area (Å²) in [6.45, 7) is 2.74. The Bertz CT molecular complexity index is 640. The van der Waals surface area contributed by atoms with Crippen molar-refractivity contribution in [2.24, 2.45) is 0 Å². The first-order valence-corrected chi connectivity index (χ1v) is 9.42. The van der Waals surface area contributed by atoms with Crippen molar-refractivity contribution in [1.82, 2.24) is 10.2 Å². The third-order valence-corrected chi connectivity index (χ3v) is 4.78. The Morgan fingerprint density at radius 2 is 2.00 bits per heavy atom. The standard InChI is InChI=1S/C21H30N2O3/c1-17(24)23(15-13-19-10-6-7-11-20(19)26-2)16-21(25)22-14-12-18-8-4-3-5-9-18/h6-8,10-11H,3-5,9,12-16H2,1-2H3,(H,22,25). The lowest BCUT2D eigenvalue weighted by Crippen LogP contribution is -2.41. The minimum atomic E-state index is -0.100. The summed E-state index contributed by atoms with van der Waals surface area (Å²) in [6.07, 6.45) is 8.69. The molecule has 0 aromatic heterocycles. The summed E-state index contributed by atoms with van der Waals surface area (Å²) in [5, 5.41) is 2.94. The van der Waals surface area contributed by atoms with Gasteiger partial charge in [0.25, 0.3) is 0 Å². The third-order valence-electron chi connectivity index (χ3n) is 4.78. The van der Waals surface area contributed by atoms with Gasteiger partial charge in [-0.25, -0.2) is 0 Å². The first-order valence-electron chi connectivity index (χ1n) is 9.42. The Labute approximate surface area is 156 Å². The minimum Gasteiger partial charge on any atom is -0.496 e. The zero-order valence-electron chi connectivity index (χ0n) is 15.9. The summed E-state index contributed by atoms with van der Waals surface area (Å²) in [5.41, 5.74) is 2.47. The van der Waals surface area contributed by atoms with E-state index in [2.05, 4.69) is 11.4 Å². The number of para-hydroxylation sites is 1. The Hall–Kier alpha value is -2.30. The summed E-state index contributed by atoms with van der Waals surface area (Å²) in [5.74, 6) is 0.614. The van der Waals surface area contributed by atoms with E-state index >= 15 is 0 Å². The molecule has 26 heavy (non-hydrogen) atoms. The molecule has 1 aliphatic rings. The van der Waals surface area contributed by atoms with E-state index in [4.69, 9.17) is 4.74 Å². The normalized spacial score (nSPS) is 13.7. The Balaban J connectivity index is 1.78. The van der Waals surface area contributed by atoms with Crippen LogP contribution >= 0.6 is 0 Å². The fourth-order valence-corrected chi connectivity index (χ4v) is 3.24. The van der Waals surface area contributed by atoms with E-state index in [-0.39, 0.29) is 18.4 Å². The van der Waals surface area contributed by atoms with E-state index < -0.39 is 0 Å². The highest BCUT2D eigenvalue weighted by atomic mass is 16.5. The molecule has 2 rings (SSSR count). The van der Waals surface area contributed by atoms with Gasteiger partial charge in [0.05, 0.1) is 13.7 Å². The first-order chi connectivity index (χ1) is 12.6. The number of carbonyl (C=O) groups excluding carboxylic acids is 2. The number of hydrogen-bond donors (Lipinski definition) is 1. The van der Waals surface area contributed by atoms with Gasteiger partial charge in [0.1, 0.15) is 5.75 Å². The van der Waals surface area contributed by atoms with Gasteiger partial charge in [-0.3, -0.25) is 9.59 Å². The van der Waals surface area contributed by atoms with Crippen molar-refractivity contribution < 1.29 is 14.3 Å². The largest absolute Gasteiger partial charge is 0.496 e. The predicted octanol–water partition coefficient (Wildman–Crippen LogP) is 3.09. The first kappa shape index (κ1) is 20.0. The Kier molecular flexibility index (Phi) is 8.19. The lowest BCUT2D eigenvalue weighted by Gasteiger charge is -2.21. The lowest BCUT2D eigenvalue weighted by atomic mass is 9.97. The molecule has 0 saturated carbocycles. The van der Waals surface area contributed by atoms with Crippen LogP contribution in [0.1, 0.15) is 44.6 Å². The van der Waals surface area contributed by atoms with Crippen molar-refractivity contribution in [1.29, 1.82) is 0 Å². The van der Waals surface area contributed by atoms with Gasteiger partial charge < -0.3 is 15.0 Å². The molecule has 0 heterocycles. The van der Waals surface area contributed by atoms with E-state index in [1.54, 1.807) is 12.0 Å². The molecule has 1 N–H and O–H groups in total. The molecule has 0 fully saturated rings. The molecule has 5 heteroatoms. The van der Waals surface area contributed by atoms with Crippen LogP contribution in [0.3, 0.4) is 0 Å². The molecule has 0 unspecified atom stereocenters. The number of amides is 2. The summed E-state index contributed by atoms with van der Waals surface area (Å²) in [6, 6.07) is 7.75. The summed E-state index contributed by atoms with van der Waals surface area (Å²) in [4.78, 5) is 25.7. The zero-order valence-corrected chi connectivity index (χ0v) is 15.9. The molecule has 0 bridgehead atoms. The van der Waals surface area contributed by atoms with E-state index in [1.807, 2.05) is 24.3 Å². The number of allylic oxidation sites excluding steroid dienone is 1. The topological polar surface area (TPSA) is 58.6 Å². The van der Waals surface area contributed by atoms with Gasteiger partial charge in [0.2, 0.25) is 11.8 Å². The highest BCUT2D eigenvalue weighted by molar-refractivity contribution is 5.83. The average Bonchev–Trinajstić information content (AvgIpc) is 2.66. The van der Waals surface area contributed by atoms with Crippen molar-refractivity contribution in [3.05, 3.63) is 41.5 Å². The molecule has 5 nitrogen and oxygen atoms in total. The van der Waals surface area contributed by atoms with Crippen LogP contribution in [0.15, 0.2) is 35.9 Å². The molecular weight excluding hydrogens is 328 g/mol. The van der Waals surface area contributed by atoms with Crippen molar-refractivity contribution in [2.75, 3.05) is 26.7 Å². The van der Waals surface area contributed by atoms with Crippen LogP contribution in [0.2, 0.25) is 0 Å². The number of rotatable bonds is 9. The fraction of sp³-hybridized carbons (Fsp3) is 0.524. The molecular formula is C21H30N2O3. The molecule has 142 valence electrons. The quantitative estimate of drug-likeness (QED) is 0.690. The van der Waals surface area contributed by atoms with Crippen molar-refractivity contribution in [2.45, 2.75) is 45.4 Å². The average molecular weight is 358 g/mol. The molecule has 1 aromatic rings. The third kappa shape index (κ3) is 6.54. The summed E-state index contributed by atoms with van der Waals surface area (Å²) < 4.78 is 5.34. The number of nitrogens with one attached hydrogen (secondary N) is 1. The zero-order chi connectivity index (χ0) is 18.8. The van der Waals surface area contributed by atoms with Crippen LogP contribution in [-0.4, -0.2) is 43.5 Å². The lowest BCUT2D eigenvalue weighted by molar-refractivity contribution is -0.134. The summed E-state index contributed by atoms with van der Waals surface area (Å²) >= 11 is 0. The maximum absolute atomic E-state index is 12.2.